The standard InChI is InChI=1S/C19H19ClN2O3S/c1-13-9-15(20)7-8-16(13)21-18(23)17-11-26-12-22(17)19(24)25-10-14-5-3-2-4-6-14/h2-9,17H,10-12H2,1H3,(H,21,23)/t17-/m0/s1. The summed E-state index contributed by atoms with van der Waals surface area (Å²) in [5.41, 5.74) is 2.47. The molecular weight excluding hydrogens is 372 g/mol. The molecule has 5 nitrogen and oxygen atoms in total. The summed E-state index contributed by atoms with van der Waals surface area (Å²) in [6.45, 7) is 2.06. The van der Waals surface area contributed by atoms with Gasteiger partial charge in [-0.3, -0.25) is 9.69 Å². The lowest BCUT2D eigenvalue weighted by Gasteiger charge is -2.23. The van der Waals surface area contributed by atoms with Crippen LogP contribution in [0.25, 0.3) is 0 Å². The predicted octanol–water partition coefficient (Wildman–Crippen LogP) is 4.30. The molecule has 0 radical (unpaired) electrons. The molecule has 0 spiro atoms. The molecule has 1 aliphatic rings. The van der Waals surface area contributed by atoms with E-state index in [-0.39, 0.29) is 12.5 Å². The van der Waals surface area contributed by atoms with Gasteiger partial charge >= 0.3 is 6.09 Å². The minimum atomic E-state index is -0.557. The van der Waals surface area contributed by atoms with Crippen LogP contribution in [0.5, 0.6) is 0 Å². The molecule has 7 heteroatoms. The van der Waals surface area contributed by atoms with Gasteiger partial charge in [-0.25, -0.2) is 4.79 Å². The van der Waals surface area contributed by atoms with Crippen LogP contribution in [0.4, 0.5) is 10.5 Å². The molecule has 1 heterocycles. The van der Waals surface area contributed by atoms with Gasteiger partial charge in [0.25, 0.3) is 0 Å². The van der Waals surface area contributed by atoms with Crippen molar-refractivity contribution in [1.29, 1.82) is 0 Å². The Balaban J connectivity index is 1.61. The van der Waals surface area contributed by atoms with Crippen molar-refractivity contribution in [2.75, 3.05) is 16.9 Å². The van der Waals surface area contributed by atoms with Crippen LogP contribution in [0.3, 0.4) is 0 Å². The molecule has 2 aromatic carbocycles. The minimum absolute atomic E-state index is 0.186. The van der Waals surface area contributed by atoms with E-state index in [2.05, 4.69) is 5.32 Å². The van der Waals surface area contributed by atoms with Crippen molar-refractivity contribution in [2.24, 2.45) is 0 Å². The number of hydrogen-bond acceptors (Lipinski definition) is 4. The first-order chi connectivity index (χ1) is 12.5. The van der Waals surface area contributed by atoms with Crippen LogP contribution in [0.1, 0.15) is 11.1 Å². The largest absolute Gasteiger partial charge is 0.445 e. The van der Waals surface area contributed by atoms with Crippen molar-refractivity contribution in [3.8, 4) is 0 Å². The average Bonchev–Trinajstić information content (AvgIpc) is 3.13. The van der Waals surface area contributed by atoms with E-state index in [4.69, 9.17) is 16.3 Å². The van der Waals surface area contributed by atoms with Crippen LogP contribution >= 0.6 is 23.4 Å². The molecule has 2 aromatic rings. The number of halogens is 1. The van der Waals surface area contributed by atoms with Crippen LogP contribution in [-0.4, -0.2) is 34.6 Å². The van der Waals surface area contributed by atoms with Gasteiger partial charge in [0, 0.05) is 16.5 Å². The highest BCUT2D eigenvalue weighted by atomic mass is 35.5. The van der Waals surface area contributed by atoms with Crippen molar-refractivity contribution in [3.63, 3.8) is 0 Å². The number of thioether (sulfide) groups is 1. The first kappa shape index (κ1) is 18.6. The van der Waals surface area contributed by atoms with Gasteiger partial charge in [-0.2, -0.15) is 0 Å². The third kappa shape index (κ3) is 4.51. The Kier molecular flexibility index (Phi) is 6.06. The molecule has 0 bridgehead atoms. The maximum atomic E-state index is 12.6. The number of carbonyl (C=O) groups is 2. The van der Waals surface area contributed by atoms with Crippen molar-refractivity contribution in [1.82, 2.24) is 4.90 Å². The van der Waals surface area contributed by atoms with Crippen molar-refractivity contribution >= 4 is 41.1 Å². The second-order valence-corrected chi connectivity index (χ2v) is 7.41. The highest BCUT2D eigenvalue weighted by molar-refractivity contribution is 7.99. The maximum absolute atomic E-state index is 12.6. The highest BCUT2D eigenvalue weighted by Gasteiger charge is 2.35. The third-order valence-electron chi connectivity index (χ3n) is 4.07. The van der Waals surface area contributed by atoms with Crippen molar-refractivity contribution in [3.05, 3.63) is 64.7 Å². The molecule has 0 saturated carbocycles. The topological polar surface area (TPSA) is 58.6 Å². The first-order valence-electron chi connectivity index (χ1n) is 8.16. The van der Waals surface area contributed by atoms with Crippen LogP contribution < -0.4 is 5.32 Å². The second-order valence-electron chi connectivity index (χ2n) is 5.97. The van der Waals surface area contributed by atoms with Gasteiger partial charge in [0.2, 0.25) is 5.91 Å². The number of nitrogens with zero attached hydrogens (tertiary/aromatic N) is 1. The lowest BCUT2D eigenvalue weighted by molar-refractivity contribution is -0.119. The number of rotatable bonds is 4. The van der Waals surface area contributed by atoms with Gasteiger partial charge in [0.05, 0.1) is 5.88 Å². The lowest BCUT2D eigenvalue weighted by atomic mass is 10.2. The summed E-state index contributed by atoms with van der Waals surface area (Å²) in [5.74, 6) is 0.751. The monoisotopic (exact) mass is 390 g/mol. The number of aryl methyl sites for hydroxylation is 1. The second kappa shape index (κ2) is 8.47. The molecule has 136 valence electrons. The van der Waals surface area contributed by atoms with Gasteiger partial charge < -0.3 is 10.1 Å². The zero-order valence-electron chi connectivity index (χ0n) is 14.3. The summed E-state index contributed by atoms with van der Waals surface area (Å²) in [5, 5.41) is 3.49. The summed E-state index contributed by atoms with van der Waals surface area (Å²) in [4.78, 5) is 26.5. The Bertz CT molecular complexity index is 801. The number of ether oxygens (including phenoxy) is 1. The molecule has 1 atom stereocenters. The van der Waals surface area contributed by atoms with E-state index in [9.17, 15) is 9.59 Å². The zero-order chi connectivity index (χ0) is 18.5. The molecule has 2 amide bonds. The van der Waals surface area contributed by atoms with Gasteiger partial charge in [0.15, 0.2) is 0 Å². The molecule has 1 saturated heterocycles. The summed E-state index contributed by atoms with van der Waals surface area (Å²) >= 11 is 7.47. The number of carbonyl (C=O) groups excluding carboxylic acids is 2. The van der Waals surface area contributed by atoms with Crippen LogP contribution in [0, 0.1) is 6.92 Å². The van der Waals surface area contributed by atoms with Crippen LogP contribution in [0.2, 0.25) is 5.02 Å². The summed E-state index contributed by atoms with van der Waals surface area (Å²) in [6.07, 6.45) is -0.480. The number of nitrogens with one attached hydrogen (secondary N) is 1. The van der Waals surface area contributed by atoms with E-state index >= 15 is 0 Å². The van der Waals surface area contributed by atoms with Gasteiger partial charge in [-0.05, 0) is 36.2 Å². The normalized spacial score (nSPS) is 16.4. The van der Waals surface area contributed by atoms with E-state index in [0.717, 1.165) is 11.1 Å². The number of hydrogen-bond donors (Lipinski definition) is 1. The summed E-state index contributed by atoms with van der Waals surface area (Å²) < 4.78 is 5.36. The molecule has 1 aliphatic heterocycles. The fourth-order valence-electron chi connectivity index (χ4n) is 2.63. The number of anilines is 1. The van der Waals surface area contributed by atoms with Crippen LogP contribution in [0.15, 0.2) is 48.5 Å². The fraction of sp³-hybridized carbons (Fsp3) is 0.263. The quantitative estimate of drug-likeness (QED) is 0.845. The van der Waals surface area contributed by atoms with Crippen LogP contribution in [-0.2, 0) is 16.1 Å². The van der Waals surface area contributed by atoms with Crippen molar-refractivity contribution in [2.45, 2.75) is 19.6 Å². The molecule has 1 fully saturated rings. The molecule has 0 aromatic heterocycles. The van der Waals surface area contributed by atoms with Gasteiger partial charge in [0.1, 0.15) is 12.6 Å². The van der Waals surface area contributed by atoms with E-state index in [1.54, 1.807) is 18.2 Å². The predicted molar refractivity (Wildman–Crippen MR) is 104 cm³/mol. The molecular formula is C19H19ClN2O3S. The molecule has 0 aliphatic carbocycles. The molecule has 0 unspecified atom stereocenters. The Morgan fingerprint density at radius 3 is 2.77 bits per heavy atom. The van der Waals surface area contributed by atoms with E-state index in [0.29, 0.717) is 22.3 Å². The average molecular weight is 391 g/mol. The van der Waals surface area contributed by atoms with Crippen molar-refractivity contribution < 1.29 is 14.3 Å². The van der Waals surface area contributed by atoms with Gasteiger partial charge in [-0.15, -0.1) is 11.8 Å². The summed E-state index contributed by atoms with van der Waals surface area (Å²) in [7, 11) is 0. The Morgan fingerprint density at radius 2 is 2.04 bits per heavy atom. The third-order valence-corrected chi connectivity index (χ3v) is 5.32. The number of amides is 2. The Hall–Kier alpha value is -2.18. The lowest BCUT2D eigenvalue weighted by Crippen LogP contribution is -2.44. The highest BCUT2D eigenvalue weighted by Crippen LogP contribution is 2.25. The van der Waals surface area contributed by atoms with E-state index < -0.39 is 12.1 Å². The first-order valence-corrected chi connectivity index (χ1v) is 9.70. The minimum Gasteiger partial charge on any atom is -0.445 e. The molecule has 3 rings (SSSR count). The summed E-state index contributed by atoms with van der Waals surface area (Å²) in [6, 6.07) is 14.2. The number of benzene rings is 2. The fourth-order valence-corrected chi connectivity index (χ4v) is 3.99. The SMILES string of the molecule is Cc1cc(Cl)ccc1NC(=O)[C@@H]1CSCN1C(=O)OCc1ccccc1. The van der Waals surface area contributed by atoms with Gasteiger partial charge in [-0.1, -0.05) is 41.9 Å². The Labute approximate surface area is 161 Å². The Morgan fingerprint density at radius 1 is 1.27 bits per heavy atom. The zero-order valence-corrected chi connectivity index (χ0v) is 15.8. The van der Waals surface area contributed by atoms with E-state index in [1.807, 2.05) is 37.3 Å². The maximum Gasteiger partial charge on any atom is 0.411 e. The molecule has 26 heavy (non-hydrogen) atoms. The molecule has 1 N–H and O–H groups in total. The smallest absolute Gasteiger partial charge is 0.411 e. The van der Waals surface area contributed by atoms with E-state index in [1.165, 1.54) is 16.7 Å².